The molecule has 0 unspecified atom stereocenters. The minimum atomic E-state index is 0.0110. The summed E-state index contributed by atoms with van der Waals surface area (Å²) in [5.41, 5.74) is 7.02. The summed E-state index contributed by atoms with van der Waals surface area (Å²) < 4.78 is 5.85. The first-order chi connectivity index (χ1) is 7.56. The second kappa shape index (κ2) is 4.31. The maximum atomic E-state index is 6.01. The van der Waals surface area contributed by atoms with E-state index < -0.39 is 0 Å². The van der Waals surface area contributed by atoms with E-state index in [1.807, 2.05) is 13.0 Å². The molecule has 7 heteroatoms. The first-order valence-corrected chi connectivity index (χ1v) is 5.55. The van der Waals surface area contributed by atoms with Gasteiger partial charge in [-0.3, -0.25) is 0 Å². The molecule has 0 aliphatic rings. The maximum absolute atomic E-state index is 6.01. The molecule has 2 aromatic rings. The van der Waals surface area contributed by atoms with Gasteiger partial charge in [-0.15, -0.1) is 0 Å². The molecule has 0 saturated carbocycles. The van der Waals surface area contributed by atoms with E-state index in [0.717, 1.165) is 15.7 Å². The van der Waals surface area contributed by atoms with Crippen LogP contribution in [0.25, 0.3) is 0 Å². The zero-order valence-electron chi connectivity index (χ0n) is 8.29. The van der Waals surface area contributed by atoms with Crippen molar-refractivity contribution in [2.45, 2.75) is 6.92 Å². The van der Waals surface area contributed by atoms with Crippen LogP contribution in [0.1, 0.15) is 5.56 Å². The van der Waals surface area contributed by atoms with Gasteiger partial charge in [0.2, 0.25) is 0 Å². The van der Waals surface area contributed by atoms with Crippen LogP contribution < -0.4 is 11.1 Å². The number of rotatable bonds is 2. The number of hydrogen-bond acceptors (Lipinski definition) is 5. The second-order valence-electron chi connectivity index (χ2n) is 3.15. The van der Waals surface area contributed by atoms with Gasteiger partial charge in [-0.2, -0.15) is 0 Å². The van der Waals surface area contributed by atoms with Gasteiger partial charge >= 0.3 is 12.0 Å². The van der Waals surface area contributed by atoms with Crippen LogP contribution in [0.2, 0.25) is 5.02 Å². The van der Waals surface area contributed by atoms with Gasteiger partial charge in [-0.1, -0.05) is 21.8 Å². The number of aryl methyl sites for hydroxylation is 1. The number of benzene rings is 1. The van der Waals surface area contributed by atoms with Crippen LogP contribution >= 0.6 is 27.5 Å². The average Bonchev–Trinajstić information content (AvgIpc) is 2.60. The largest absolute Gasteiger partial charge is 0.389 e. The predicted octanol–water partition coefficient (Wildman–Crippen LogP) is 3.12. The fourth-order valence-corrected chi connectivity index (χ4v) is 1.86. The molecule has 0 amide bonds. The Kier molecular flexibility index (Phi) is 3.02. The van der Waals surface area contributed by atoms with Gasteiger partial charge in [-0.25, -0.2) is 0 Å². The van der Waals surface area contributed by atoms with Crippen LogP contribution in [0.15, 0.2) is 21.0 Å². The second-order valence-corrected chi connectivity index (χ2v) is 4.41. The zero-order valence-corrected chi connectivity index (χ0v) is 10.6. The summed E-state index contributed by atoms with van der Waals surface area (Å²) in [6.07, 6.45) is 0. The van der Waals surface area contributed by atoms with E-state index in [0.29, 0.717) is 5.02 Å². The third-order valence-corrected chi connectivity index (χ3v) is 2.99. The summed E-state index contributed by atoms with van der Waals surface area (Å²) in [5.74, 6) is 0. The molecule has 3 N–H and O–H groups in total. The number of nitrogens with zero attached hydrogens (tertiary/aromatic N) is 2. The van der Waals surface area contributed by atoms with Crippen LogP contribution in [0, 0.1) is 6.92 Å². The molecule has 0 bridgehead atoms. The minimum absolute atomic E-state index is 0.0110. The van der Waals surface area contributed by atoms with E-state index in [2.05, 4.69) is 31.4 Å². The monoisotopic (exact) mass is 302 g/mol. The van der Waals surface area contributed by atoms with Gasteiger partial charge in [0.05, 0.1) is 5.69 Å². The number of anilines is 3. The Labute approximate surface area is 105 Å². The van der Waals surface area contributed by atoms with E-state index in [9.17, 15) is 0 Å². The van der Waals surface area contributed by atoms with Gasteiger partial charge in [-0.05, 0) is 40.5 Å². The van der Waals surface area contributed by atoms with Crippen molar-refractivity contribution >= 4 is 45.2 Å². The zero-order chi connectivity index (χ0) is 11.7. The third kappa shape index (κ3) is 2.28. The highest BCUT2D eigenvalue weighted by molar-refractivity contribution is 9.10. The molecule has 1 aromatic carbocycles. The normalized spacial score (nSPS) is 10.4. The minimum Gasteiger partial charge on any atom is -0.389 e. The highest BCUT2D eigenvalue weighted by Crippen LogP contribution is 2.31. The van der Waals surface area contributed by atoms with E-state index in [1.165, 1.54) is 0 Å². The van der Waals surface area contributed by atoms with Crippen LogP contribution in [0.3, 0.4) is 0 Å². The summed E-state index contributed by atoms with van der Waals surface area (Å²) in [4.78, 5) is 0. The van der Waals surface area contributed by atoms with Crippen LogP contribution in [-0.4, -0.2) is 10.2 Å². The Balaban J connectivity index is 2.31. The lowest BCUT2D eigenvalue weighted by molar-refractivity contribution is 0.593. The molecule has 0 aliphatic carbocycles. The fraction of sp³-hybridized carbons (Fsp3) is 0.111. The standard InChI is InChI=1S/C9H8BrClN4O/c1-4-2-5(10)7(3-6(4)11)13-9-15-14-8(12)16-9/h2-3H,1H3,(H2,12,14)(H,13,15). The van der Waals surface area contributed by atoms with E-state index >= 15 is 0 Å². The SMILES string of the molecule is Cc1cc(Br)c(Nc2nnc(N)o2)cc1Cl. The molecule has 0 aliphatic heterocycles. The number of nitrogens with one attached hydrogen (secondary N) is 1. The summed E-state index contributed by atoms with van der Waals surface area (Å²) >= 11 is 9.41. The molecular weight excluding hydrogens is 295 g/mol. The molecule has 0 radical (unpaired) electrons. The molecule has 2 rings (SSSR count). The van der Waals surface area contributed by atoms with Gasteiger partial charge in [0.1, 0.15) is 0 Å². The fourth-order valence-electron chi connectivity index (χ4n) is 1.14. The van der Waals surface area contributed by atoms with Crippen LogP contribution in [-0.2, 0) is 0 Å². The van der Waals surface area contributed by atoms with Gasteiger partial charge in [0, 0.05) is 9.50 Å². The number of nitrogens with two attached hydrogens (primary N) is 1. The van der Waals surface area contributed by atoms with Crippen LogP contribution in [0.4, 0.5) is 17.7 Å². The van der Waals surface area contributed by atoms with Gasteiger partial charge < -0.3 is 15.5 Å². The quantitative estimate of drug-likeness (QED) is 0.891. The first kappa shape index (κ1) is 11.2. The van der Waals surface area contributed by atoms with Gasteiger partial charge in [0.15, 0.2) is 0 Å². The Hall–Kier alpha value is -1.27. The highest BCUT2D eigenvalue weighted by atomic mass is 79.9. The lowest BCUT2D eigenvalue weighted by Gasteiger charge is -2.06. The summed E-state index contributed by atoms with van der Waals surface area (Å²) in [6, 6.07) is 3.89. The highest BCUT2D eigenvalue weighted by Gasteiger charge is 2.08. The van der Waals surface area contributed by atoms with Crippen molar-refractivity contribution in [2.75, 3.05) is 11.1 Å². The van der Waals surface area contributed by atoms with Crippen molar-refractivity contribution in [1.82, 2.24) is 10.2 Å². The molecule has 0 atom stereocenters. The molecule has 1 aromatic heterocycles. The molecule has 0 fully saturated rings. The van der Waals surface area contributed by atoms with Crippen molar-refractivity contribution in [1.29, 1.82) is 0 Å². The van der Waals surface area contributed by atoms with Crippen molar-refractivity contribution in [3.8, 4) is 0 Å². The Morgan fingerprint density at radius 3 is 2.81 bits per heavy atom. The molecule has 1 heterocycles. The van der Waals surface area contributed by atoms with Crippen molar-refractivity contribution in [2.24, 2.45) is 0 Å². The smallest absolute Gasteiger partial charge is 0.321 e. The predicted molar refractivity (Wildman–Crippen MR) is 65.9 cm³/mol. The lowest BCUT2D eigenvalue weighted by Crippen LogP contribution is -1.92. The third-order valence-electron chi connectivity index (χ3n) is 1.93. The average molecular weight is 304 g/mol. The molecule has 16 heavy (non-hydrogen) atoms. The topological polar surface area (TPSA) is 77.0 Å². The molecular formula is C9H8BrClN4O. The van der Waals surface area contributed by atoms with Crippen molar-refractivity contribution < 1.29 is 4.42 Å². The van der Waals surface area contributed by atoms with E-state index in [-0.39, 0.29) is 12.0 Å². The van der Waals surface area contributed by atoms with E-state index in [4.69, 9.17) is 21.8 Å². The Bertz CT molecular complexity index is 528. The maximum Gasteiger partial charge on any atom is 0.321 e. The number of aromatic nitrogens is 2. The number of nitrogen functional groups attached to an aromatic ring is 1. The Morgan fingerprint density at radius 1 is 1.44 bits per heavy atom. The molecule has 0 spiro atoms. The molecule has 84 valence electrons. The molecule has 0 saturated heterocycles. The lowest BCUT2D eigenvalue weighted by atomic mass is 10.2. The van der Waals surface area contributed by atoms with Crippen molar-refractivity contribution in [3.63, 3.8) is 0 Å². The van der Waals surface area contributed by atoms with Crippen LogP contribution in [0.5, 0.6) is 0 Å². The van der Waals surface area contributed by atoms with Crippen molar-refractivity contribution in [3.05, 3.63) is 27.2 Å². The summed E-state index contributed by atoms with van der Waals surface area (Å²) in [6.45, 7) is 1.92. The Morgan fingerprint density at radius 2 is 2.19 bits per heavy atom. The summed E-state index contributed by atoms with van der Waals surface area (Å²) in [7, 11) is 0. The first-order valence-electron chi connectivity index (χ1n) is 4.38. The van der Waals surface area contributed by atoms with Gasteiger partial charge in [0.25, 0.3) is 0 Å². The van der Waals surface area contributed by atoms with E-state index in [1.54, 1.807) is 6.07 Å². The summed E-state index contributed by atoms with van der Waals surface area (Å²) in [5, 5.41) is 10.8. The number of hydrogen-bond donors (Lipinski definition) is 2. The molecule has 5 nitrogen and oxygen atoms in total. The number of halogens is 2.